The monoisotopic (exact) mass is 331 g/mol. The molecule has 0 aromatic carbocycles. The molecule has 128 valence electrons. The highest BCUT2D eigenvalue weighted by molar-refractivity contribution is 7.89. The van der Waals surface area contributed by atoms with E-state index in [-0.39, 0.29) is 17.7 Å². The first-order chi connectivity index (χ1) is 10.3. The minimum absolute atomic E-state index is 0.0116. The molecular formula is C15H29N3O3S. The summed E-state index contributed by atoms with van der Waals surface area (Å²) in [7, 11) is -1.78. The summed E-state index contributed by atoms with van der Waals surface area (Å²) < 4.78 is 25.2. The molecule has 1 unspecified atom stereocenters. The molecule has 0 aromatic rings. The Morgan fingerprint density at radius 1 is 1.18 bits per heavy atom. The standard InChI is InChI=1S/C15H29N3O3S/c1-5-22(20,21)16(4)14-8-11-18(15(14)19)13-6-9-17(10-7-13)12(2)3/h12-14H,5-11H2,1-4H3. The van der Waals surface area contributed by atoms with Crippen molar-refractivity contribution in [3.63, 3.8) is 0 Å². The van der Waals surface area contributed by atoms with Gasteiger partial charge in [0, 0.05) is 38.8 Å². The second-order valence-electron chi connectivity index (χ2n) is 6.61. The second kappa shape index (κ2) is 6.84. The molecule has 2 aliphatic rings. The molecule has 6 nitrogen and oxygen atoms in total. The van der Waals surface area contributed by atoms with Crippen LogP contribution in [0.15, 0.2) is 0 Å². The molecule has 22 heavy (non-hydrogen) atoms. The number of amides is 1. The Hall–Kier alpha value is -0.660. The molecule has 0 aliphatic carbocycles. The fraction of sp³-hybridized carbons (Fsp3) is 0.933. The van der Waals surface area contributed by atoms with Gasteiger partial charge in [-0.1, -0.05) is 0 Å². The summed E-state index contributed by atoms with van der Waals surface area (Å²) in [5, 5.41) is 0. The van der Waals surface area contributed by atoms with Crippen LogP contribution in [0.1, 0.15) is 40.0 Å². The zero-order valence-electron chi connectivity index (χ0n) is 14.2. The van der Waals surface area contributed by atoms with Crippen LogP contribution in [0.2, 0.25) is 0 Å². The first-order valence-corrected chi connectivity index (χ1v) is 9.89. The number of likely N-dealkylation sites (N-methyl/N-ethyl adjacent to an activating group) is 1. The second-order valence-corrected chi connectivity index (χ2v) is 8.93. The molecule has 0 aromatic heterocycles. The Bertz CT molecular complexity index is 498. The van der Waals surface area contributed by atoms with Crippen LogP contribution in [0.25, 0.3) is 0 Å². The quantitative estimate of drug-likeness (QED) is 0.745. The van der Waals surface area contributed by atoms with Crippen LogP contribution in [-0.2, 0) is 14.8 Å². The van der Waals surface area contributed by atoms with E-state index in [1.165, 1.54) is 11.4 Å². The molecule has 0 radical (unpaired) electrons. The van der Waals surface area contributed by atoms with Gasteiger partial charge in [-0.05, 0) is 40.0 Å². The maximum atomic E-state index is 12.6. The predicted octanol–water partition coefficient (Wildman–Crippen LogP) is 0.742. The fourth-order valence-electron chi connectivity index (χ4n) is 3.50. The van der Waals surface area contributed by atoms with E-state index >= 15 is 0 Å². The molecule has 0 N–H and O–H groups in total. The van der Waals surface area contributed by atoms with Crippen LogP contribution in [0.4, 0.5) is 0 Å². The Labute approximate surface area is 134 Å². The first-order valence-electron chi connectivity index (χ1n) is 8.28. The number of nitrogens with zero attached hydrogens (tertiary/aromatic N) is 3. The lowest BCUT2D eigenvalue weighted by Gasteiger charge is -2.38. The summed E-state index contributed by atoms with van der Waals surface area (Å²) in [4.78, 5) is 17.0. The summed E-state index contributed by atoms with van der Waals surface area (Å²) in [6.07, 6.45) is 2.58. The van der Waals surface area contributed by atoms with Gasteiger partial charge in [0.2, 0.25) is 15.9 Å². The van der Waals surface area contributed by atoms with Crippen molar-refractivity contribution in [3.05, 3.63) is 0 Å². The van der Waals surface area contributed by atoms with Crippen LogP contribution < -0.4 is 0 Å². The maximum Gasteiger partial charge on any atom is 0.241 e. The number of sulfonamides is 1. The van der Waals surface area contributed by atoms with Gasteiger partial charge in [-0.2, -0.15) is 4.31 Å². The normalized spacial score (nSPS) is 25.6. The van der Waals surface area contributed by atoms with Gasteiger partial charge in [0.15, 0.2) is 0 Å². The summed E-state index contributed by atoms with van der Waals surface area (Å²) in [6.45, 7) is 8.72. The van der Waals surface area contributed by atoms with Crippen molar-refractivity contribution in [2.24, 2.45) is 0 Å². The lowest BCUT2D eigenvalue weighted by molar-refractivity contribution is -0.133. The first kappa shape index (κ1) is 17.7. The van der Waals surface area contributed by atoms with E-state index in [4.69, 9.17) is 0 Å². The number of piperidine rings is 1. The van der Waals surface area contributed by atoms with Crippen molar-refractivity contribution in [1.29, 1.82) is 0 Å². The van der Waals surface area contributed by atoms with Gasteiger partial charge in [0.25, 0.3) is 0 Å². The van der Waals surface area contributed by atoms with E-state index in [9.17, 15) is 13.2 Å². The molecule has 2 fully saturated rings. The molecule has 1 amide bonds. The van der Waals surface area contributed by atoms with Gasteiger partial charge in [-0.25, -0.2) is 8.42 Å². The molecule has 7 heteroatoms. The third kappa shape index (κ3) is 3.46. The van der Waals surface area contributed by atoms with Crippen LogP contribution in [0.5, 0.6) is 0 Å². The highest BCUT2D eigenvalue weighted by atomic mass is 32.2. The molecule has 2 saturated heterocycles. The summed E-state index contributed by atoms with van der Waals surface area (Å²) in [5.41, 5.74) is 0. The Morgan fingerprint density at radius 2 is 1.77 bits per heavy atom. The van der Waals surface area contributed by atoms with Crippen molar-refractivity contribution in [2.75, 3.05) is 32.4 Å². The highest BCUT2D eigenvalue weighted by Gasteiger charge is 2.41. The van der Waals surface area contributed by atoms with E-state index in [0.717, 1.165) is 25.9 Å². The Morgan fingerprint density at radius 3 is 2.27 bits per heavy atom. The molecule has 2 heterocycles. The lowest BCUT2D eigenvalue weighted by atomic mass is 10.0. The Balaban J connectivity index is 1.98. The predicted molar refractivity (Wildman–Crippen MR) is 87.1 cm³/mol. The minimum atomic E-state index is -3.31. The van der Waals surface area contributed by atoms with Gasteiger partial charge in [-0.15, -0.1) is 0 Å². The van der Waals surface area contributed by atoms with Crippen LogP contribution in [0, 0.1) is 0 Å². The Kier molecular flexibility index (Phi) is 5.50. The molecule has 1 atom stereocenters. The van der Waals surface area contributed by atoms with Crippen LogP contribution >= 0.6 is 0 Å². The SMILES string of the molecule is CCS(=O)(=O)N(C)C1CCN(C2CCN(C(C)C)CC2)C1=O. The summed E-state index contributed by atoms with van der Waals surface area (Å²) in [5.74, 6) is 0.0302. The topological polar surface area (TPSA) is 60.9 Å². The smallest absolute Gasteiger partial charge is 0.241 e. The van der Waals surface area contributed by atoms with E-state index in [1.807, 2.05) is 4.90 Å². The van der Waals surface area contributed by atoms with E-state index < -0.39 is 16.1 Å². The molecule has 2 aliphatic heterocycles. The van der Waals surface area contributed by atoms with Gasteiger partial charge in [0.1, 0.15) is 6.04 Å². The highest BCUT2D eigenvalue weighted by Crippen LogP contribution is 2.26. The van der Waals surface area contributed by atoms with Crippen molar-refractivity contribution < 1.29 is 13.2 Å². The van der Waals surface area contributed by atoms with Crippen molar-refractivity contribution in [2.45, 2.75) is 58.2 Å². The third-order valence-corrected chi connectivity index (χ3v) is 6.99. The largest absolute Gasteiger partial charge is 0.338 e. The molecular weight excluding hydrogens is 302 g/mol. The molecule has 0 saturated carbocycles. The van der Waals surface area contributed by atoms with Crippen molar-refractivity contribution >= 4 is 15.9 Å². The minimum Gasteiger partial charge on any atom is -0.338 e. The van der Waals surface area contributed by atoms with E-state index in [2.05, 4.69) is 18.7 Å². The average molecular weight is 331 g/mol. The number of carbonyl (C=O) groups is 1. The number of rotatable bonds is 5. The van der Waals surface area contributed by atoms with Gasteiger partial charge < -0.3 is 9.80 Å². The van der Waals surface area contributed by atoms with Gasteiger partial charge >= 0.3 is 0 Å². The number of hydrogen-bond acceptors (Lipinski definition) is 4. The molecule has 0 bridgehead atoms. The summed E-state index contributed by atoms with van der Waals surface area (Å²) in [6, 6.07) is 0.308. The molecule has 2 rings (SSSR count). The van der Waals surface area contributed by atoms with Gasteiger partial charge in [-0.3, -0.25) is 4.79 Å². The van der Waals surface area contributed by atoms with E-state index in [1.54, 1.807) is 6.92 Å². The zero-order chi connectivity index (χ0) is 16.5. The van der Waals surface area contributed by atoms with Crippen LogP contribution in [0.3, 0.4) is 0 Å². The van der Waals surface area contributed by atoms with Crippen molar-refractivity contribution in [3.8, 4) is 0 Å². The number of hydrogen-bond donors (Lipinski definition) is 0. The van der Waals surface area contributed by atoms with Gasteiger partial charge in [0.05, 0.1) is 5.75 Å². The summed E-state index contributed by atoms with van der Waals surface area (Å²) >= 11 is 0. The van der Waals surface area contributed by atoms with Crippen molar-refractivity contribution in [1.82, 2.24) is 14.1 Å². The fourth-order valence-corrected chi connectivity index (χ4v) is 4.49. The van der Waals surface area contributed by atoms with Crippen LogP contribution in [-0.4, -0.2) is 79.0 Å². The molecule has 0 spiro atoms. The average Bonchev–Trinajstić information content (AvgIpc) is 2.88. The zero-order valence-corrected chi connectivity index (χ0v) is 15.0. The maximum absolute atomic E-state index is 12.6. The number of likely N-dealkylation sites (tertiary alicyclic amines) is 2. The lowest BCUT2D eigenvalue weighted by Crippen LogP contribution is -2.50. The number of carbonyl (C=O) groups excluding carboxylic acids is 1. The van der Waals surface area contributed by atoms with E-state index in [0.29, 0.717) is 19.0 Å². The third-order valence-electron chi connectivity index (χ3n) is 5.12.